The van der Waals surface area contributed by atoms with Gasteiger partial charge in [0.2, 0.25) is 0 Å². The Bertz CT molecular complexity index is 694. The van der Waals surface area contributed by atoms with Gasteiger partial charge in [-0.15, -0.1) is 0 Å². The first-order chi connectivity index (χ1) is 11.7. The van der Waals surface area contributed by atoms with Crippen molar-refractivity contribution >= 4 is 5.97 Å². The minimum absolute atomic E-state index is 0.211. The minimum atomic E-state index is -4.46. The predicted octanol–water partition coefficient (Wildman–Crippen LogP) is 4.47. The molecule has 0 fully saturated rings. The van der Waals surface area contributed by atoms with Crippen LogP contribution in [0.25, 0.3) is 0 Å². The molecule has 2 aromatic rings. The number of halogens is 3. The van der Waals surface area contributed by atoms with Crippen LogP contribution < -0.4 is 0 Å². The van der Waals surface area contributed by atoms with Crippen molar-refractivity contribution in [3.8, 4) is 0 Å². The molecule has 0 spiro atoms. The molecule has 1 N–H and O–H groups in total. The molecule has 0 amide bonds. The summed E-state index contributed by atoms with van der Waals surface area (Å²) in [4.78, 5) is 12.4. The second kappa shape index (κ2) is 7.70. The van der Waals surface area contributed by atoms with E-state index < -0.39 is 29.7 Å². The van der Waals surface area contributed by atoms with Crippen LogP contribution in [0.3, 0.4) is 0 Å². The van der Waals surface area contributed by atoms with Crippen LogP contribution in [0.1, 0.15) is 42.6 Å². The highest BCUT2D eigenvalue weighted by molar-refractivity contribution is 5.79. The van der Waals surface area contributed by atoms with Crippen LogP contribution in [0.5, 0.6) is 0 Å². The van der Waals surface area contributed by atoms with E-state index in [0.717, 1.165) is 12.1 Å². The fraction of sp³-hybridized carbons (Fsp3) is 0.316. The number of aliphatic hydroxyl groups excluding tert-OH is 1. The first-order valence-electron chi connectivity index (χ1n) is 7.81. The number of hydrogen-bond donors (Lipinski definition) is 1. The average Bonchev–Trinajstić information content (AvgIpc) is 2.54. The highest BCUT2D eigenvalue weighted by Crippen LogP contribution is 2.35. The average molecular weight is 352 g/mol. The zero-order valence-electron chi connectivity index (χ0n) is 13.8. The summed E-state index contributed by atoms with van der Waals surface area (Å²) >= 11 is 0. The summed E-state index contributed by atoms with van der Waals surface area (Å²) in [5, 5.41) is 10.6. The van der Waals surface area contributed by atoms with Crippen molar-refractivity contribution in [1.29, 1.82) is 0 Å². The van der Waals surface area contributed by atoms with E-state index in [1.54, 1.807) is 44.2 Å². The molecule has 0 saturated carbocycles. The third kappa shape index (κ3) is 4.82. The minimum Gasteiger partial charge on any atom is -0.462 e. The topological polar surface area (TPSA) is 46.5 Å². The van der Waals surface area contributed by atoms with Gasteiger partial charge < -0.3 is 9.84 Å². The molecule has 0 aromatic heterocycles. The monoisotopic (exact) mass is 352 g/mol. The van der Waals surface area contributed by atoms with Crippen molar-refractivity contribution in [2.45, 2.75) is 38.1 Å². The van der Waals surface area contributed by atoms with Gasteiger partial charge in [-0.1, -0.05) is 42.5 Å². The van der Waals surface area contributed by atoms with E-state index in [9.17, 15) is 23.1 Å². The van der Waals surface area contributed by atoms with E-state index in [-0.39, 0.29) is 11.7 Å². The fourth-order valence-electron chi connectivity index (χ4n) is 2.47. The number of aliphatic hydroxyl groups is 1. The molecular formula is C19H19F3O3. The van der Waals surface area contributed by atoms with Gasteiger partial charge in [0.1, 0.15) is 5.92 Å². The number of benzene rings is 2. The standard InChI is InChI=1S/C19H19F3O3/c1-12(2)25-18(24)16(13-6-4-3-5-7-13)17(23)14-8-10-15(11-9-14)19(20,21)22/h3-12,16-17,23H,1-2H3/t16-,17+/m0/s1. The molecule has 0 saturated heterocycles. The normalized spacial score (nSPS) is 14.2. The number of carbonyl (C=O) groups excluding carboxylic acids is 1. The predicted molar refractivity (Wildman–Crippen MR) is 86.8 cm³/mol. The lowest BCUT2D eigenvalue weighted by molar-refractivity contribution is -0.152. The smallest absolute Gasteiger partial charge is 0.416 e. The Kier molecular flexibility index (Phi) is 5.85. The van der Waals surface area contributed by atoms with E-state index >= 15 is 0 Å². The number of rotatable bonds is 5. The Balaban J connectivity index is 2.35. The van der Waals surface area contributed by atoms with Gasteiger partial charge in [-0.25, -0.2) is 0 Å². The zero-order chi connectivity index (χ0) is 18.6. The van der Waals surface area contributed by atoms with Gasteiger partial charge in [0.25, 0.3) is 0 Å². The van der Waals surface area contributed by atoms with Crippen molar-refractivity contribution in [2.24, 2.45) is 0 Å². The molecule has 0 bridgehead atoms. The van der Waals surface area contributed by atoms with Crippen LogP contribution in [-0.2, 0) is 15.7 Å². The van der Waals surface area contributed by atoms with Gasteiger partial charge >= 0.3 is 12.1 Å². The number of ether oxygens (including phenoxy) is 1. The Morgan fingerprint density at radius 1 is 0.960 bits per heavy atom. The summed E-state index contributed by atoms with van der Waals surface area (Å²) in [6.45, 7) is 3.37. The quantitative estimate of drug-likeness (QED) is 0.808. The fourth-order valence-corrected chi connectivity index (χ4v) is 2.47. The second-order valence-electron chi connectivity index (χ2n) is 5.94. The summed E-state index contributed by atoms with van der Waals surface area (Å²) < 4.78 is 43.2. The molecule has 0 radical (unpaired) electrons. The Morgan fingerprint density at radius 3 is 2.00 bits per heavy atom. The van der Waals surface area contributed by atoms with E-state index in [4.69, 9.17) is 4.74 Å². The molecule has 2 aromatic carbocycles. The Labute approximate surface area is 144 Å². The number of esters is 1. The summed E-state index contributed by atoms with van der Waals surface area (Å²) in [6.07, 6.45) is -6.16. The van der Waals surface area contributed by atoms with Gasteiger partial charge in [0.05, 0.1) is 17.8 Å². The summed E-state index contributed by atoms with van der Waals surface area (Å²) in [6, 6.07) is 12.6. The third-order valence-electron chi connectivity index (χ3n) is 3.66. The maximum Gasteiger partial charge on any atom is 0.416 e. The maximum absolute atomic E-state index is 12.7. The molecule has 0 heterocycles. The molecule has 2 rings (SSSR count). The van der Waals surface area contributed by atoms with Crippen molar-refractivity contribution in [1.82, 2.24) is 0 Å². The van der Waals surface area contributed by atoms with Crippen molar-refractivity contribution in [3.63, 3.8) is 0 Å². The van der Waals surface area contributed by atoms with Crippen LogP contribution in [0.4, 0.5) is 13.2 Å². The second-order valence-corrected chi connectivity index (χ2v) is 5.94. The number of carbonyl (C=O) groups is 1. The largest absolute Gasteiger partial charge is 0.462 e. The van der Waals surface area contributed by atoms with Crippen LogP contribution in [-0.4, -0.2) is 17.2 Å². The third-order valence-corrected chi connectivity index (χ3v) is 3.66. The molecule has 0 aliphatic carbocycles. The Hall–Kier alpha value is -2.34. The van der Waals surface area contributed by atoms with E-state index in [2.05, 4.69) is 0 Å². The summed E-state index contributed by atoms with van der Waals surface area (Å²) in [5.74, 6) is -1.66. The van der Waals surface area contributed by atoms with Gasteiger partial charge in [-0.3, -0.25) is 4.79 Å². The van der Waals surface area contributed by atoms with Gasteiger partial charge in [0, 0.05) is 0 Å². The summed E-state index contributed by atoms with van der Waals surface area (Å²) in [5.41, 5.74) is -0.0763. The molecule has 2 atom stereocenters. The highest BCUT2D eigenvalue weighted by atomic mass is 19.4. The molecule has 25 heavy (non-hydrogen) atoms. The first-order valence-corrected chi connectivity index (χ1v) is 7.81. The highest BCUT2D eigenvalue weighted by Gasteiger charge is 2.33. The summed E-state index contributed by atoms with van der Waals surface area (Å²) in [7, 11) is 0. The van der Waals surface area contributed by atoms with Gasteiger partial charge in [-0.2, -0.15) is 13.2 Å². The van der Waals surface area contributed by atoms with Crippen LogP contribution in [0, 0.1) is 0 Å². The SMILES string of the molecule is CC(C)OC(=O)[C@@H](c1ccccc1)[C@H](O)c1ccc(C(F)(F)F)cc1. The molecule has 3 nitrogen and oxygen atoms in total. The van der Waals surface area contributed by atoms with E-state index in [1.165, 1.54) is 12.1 Å². The lowest BCUT2D eigenvalue weighted by Gasteiger charge is -2.23. The molecule has 134 valence electrons. The number of alkyl halides is 3. The van der Waals surface area contributed by atoms with Crippen LogP contribution >= 0.6 is 0 Å². The molecule has 6 heteroatoms. The Morgan fingerprint density at radius 2 is 1.52 bits per heavy atom. The van der Waals surface area contributed by atoms with Crippen LogP contribution in [0.2, 0.25) is 0 Å². The first kappa shape index (κ1) is 19.0. The van der Waals surface area contributed by atoms with E-state index in [1.807, 2.05) is 0 Å². The van der Waals surface area contributed by atoms with Crippen molar-refractivity contribution in [3.05, 3.63) is 71.3 Å². The van der Waals surface area contributed by atoms with Gasteiger partial charge in [-0.05, 0) is 37.1 Å². The van der Waals surface area contributed by atoms with Crippen molar-refractivity contribution in [2.75, 3.05) is 0 Å². The zero-order valence-corrected chi connectivity index (χ0v) is 13.8. The van der Waals surface area contributed by atoms with Crippen LogP contribution in [0.15, 0.2) is 54.6 Å². The van der Waals surface area contributed by atoms with E-state index in [0.29, 0.717) is 5.56 Å². The molecule has 0 unspecified atom stereocenters. The molecular weight excluding hydrogens is 333 g/mol. The number of hydrogen-bond acceptors (Lipinski definition) is 3. The van der Waals surface area contributed by atoms with Gasteiger partial charge in [0.15, 0.2) is 0 Å². The molecule has 0 aliphatic heterocycles. The lowest BCUT2D eigenvalue weighted by Crippen LogP contribution is -2.25. The van der Waals surface area contributed by atoms with Crippen molar-refractivity contribution < 1.29 is 27.8 Å². The maximum atomic E-state index is 12.7. The molecule has 0 aliphatic rings. The lowest BCUT2D eigenvalue weighted by atomic mass is 9.89.